The van der Waals surface area contributed by atoms with E-state index in [1.165, 1.54) is 0 Å². The Morgan fingerprint density at radius 1 is 1.33 bits per heavy atom. The number of imidazole rings is 1. The molecule has 3 rings (SSSR count). The van der Waals surface area contributed by atoms with Crippen LogP contribution in [0.2, 0.25) is 5.15 Å². The number of aromatic nitrogens is 4. The van der Waals surface area contributed by atoms with Crippen molar-refractivity contribution < 1.29 is 0 Å². The molecule has 3 N–H and O–H groups in total. The highest BCUT2D eigenvalue weighted by Gasteiger charge is 2.09. The average Bonchev–Trinajstić information content (AvgIpc) is 3.09. The van der Waals surface area contributed by atoms with Gasteiger partial charge in [-0.2, -0.15) is 5.10 Å². The molecular formula is C15H18ClN5. The highest BCUT2D eigenvalue weighted by molar-refractivity contribution is 6.30. The Bertz CT molecular complexity index is 731. The lowest BCUT2D eigenvalue weighted by atomic mass is 10.2. The standard InChI is InChI=1S/C15H18ClN5/c1-2-3-7-14-19-13(15(16)20-14)9-17-11-5-4-6-12-10(11)8-18-21-12/h4-6,8,17H,2-3,7,9H2,1H3,(H,18,21)(H,19,20). The Morgan fingerprint density at radius 3 is 3.10 bits per heavy atom. The Labute approximate surface area is 128 Å². The Balaban J connectivity index is 1.72. The molecule has 0 radical (unpaired) electrons. The van der Waals surface area contributed by atoms with Crippen molar-refractivity contribution in [3.63, 3.8) is 0 Å². The zero-order chi connectivity index (χ0) is 14.7. The topological polar surface area (TPSA) is 69.4 Å². The Hall–Kier alpha value is -2.01. The summed E-state index contributed by atoms with van der Waals surface area (Å²) in [6.07, 6.45) is 5.02. The summed E-state index contributed by atoms with van der Waals surface area (Å²) in [7, 11) is 0. The number of hydrogen-bond donors (Lipinski definition) is 3. The van der Waals surface area contributed by atoms with E-state index < -0.39 is 0 Å². The number of hydrogen-bond acceptors (Lipinski definition) is 3. The summed E-state index contributed by atoms with van der Waals surface area (Å²) >= 11 is 6.19. The fraction of sp³-hybridized carbons (Fsp3) is 0.333. The summed E-state index contributed by atoms with van der Waals surface area (Å²) in [5.41, 5.74) is 2.96. The lowest BCUT2D eigenvalue weighted by Gasteiger charge is -2.06. The van der Waals surface area contributed by atoms with Gasteiger partial charge in [0, 0.05) is 17.5 Å². The number of anilines is 1. The molecule has 0 aliphatic heterocycles. The quantitative estimate of drug-likeness (QED) is 0.647. The SMILES string of the molecule is CCCCc1nc(Cl)c(CNc2cccc3[nH]ncc23)[nH]1. The van der Waals surface area contributed by atoms with Crippen LogP contribution in [0.15, 0.2) is 24.4 Å². The second-order valence-electron chi connectivity index (χ2n) is 5.05. The van der Waals surface area contributed by atoms with Gasteiger partial charge in [-0.3, -0.25) is 5.10 Å². The third kappa shape index (κ3) is 3.03. The molecule has 5 nitrogen and oxygen atoms in total. The van der Waals surface area contributed by atoms with Gasteiger partial charge in [0.2, 0.25) is 0 Å². The number of fused-ring (bicyclic) bond motifs is 1. The van der Waals surface area contributed by atoms with Crippen LogP contribution in [-0.2, 0) is 13.0 Å². The van der Waals surface area contributed by atoms with Crippen molar-refractivity contribution in [3.8, 4) is 0 Å². The van der Waals surface area contributed by atoms with Gasteiger partial charge in [-0.25, -0.2) is 4.98 Å². The molecule has 0 amide bonds. The van der Waals surface area contributed by atoms with Crippen molar-refractivity contribution in [3.05, 3.63) is 41.1 Å². The van der Waals surface area contributed by atoms with Crippen LogP contribution < -0.4 is 5.32 Å². The summed E-state index contributed by atoms with van der Waals surface area (Å²) < 4.78 is 0. The van der Waals surface area contributed by atoms with Crippen LogP contribution in [0.1, 0.15) is 31.3 Å². The first kappa shape index (κ1) is 13.9. The summed E-state index contributed by atoms with van der Waals surface area (Å²) in [5.74, 6) is 0.958. The fourth-order valence-corrected chi connectivity index (χ4v) is 2.54. The summed E-state index contributed by atoms with van der Waals surface area (Å²) in [6.45, 7) is 2.78. The summed E-state index contributed by atoms with van der Waals surface area (Å²) in [5, 5.41) is 12.0. The zero-order valence-electron chi connectivity index (χ0n) is 11.9. The van der Waals surface area contributed by atoms with Gasteiger partial charge in [0.05, 0.1) is 24.0 Å². The zero-order valence-corrected chi connectivity index (χ0v) is 12.7. The van der Waals surface area contributed by atoms with Crippen LogP contribution >= 0.6 is 11.6 Å². The van der Waals surface area contributed by atoms with E-state index in [-0.39, 0.29) is 0 Å². The molecule has 2 heterocycles. The van der Waals surface area contributed by atoms with Crippen molar-refractivity contribution in [1.82, 2.24) is 20.2 Å². The van der Waals surface area contributed by atoms with E-state index in [9.17, 15) is 0 Å². The van der Waals surface area contributed by atoms with Crippen LogP contribution in [-0.4, -0.2) is 20.2 Å². The molecule has 0 bridgehead atoms. The van der Waals surface area contributed by atoms with Crippen LogP contribution in [0.3, 0.4) is 0 Å². The number of unbranched alkanes of at least 4 members (excludes halogenated alkanes) is 1. The van der Waals surface area contributed by atoms with E-state index in [1.54, 1.807) is 0 Å². The van der Waals surface area contributed by atoms with Crippen molar-refractivity contribution >= 4 is 28.2 Å². The Morgan fingerprint density at radius 2 is 2.24 bits per heavy atom. The molecule has 110 valence electrons. The molecule has 0 saturated carbocycles. The molecule has 0 aliphatic rings. The van der Waals surface area contributed by atoms with E-state index in [1.807, 2.05) is 24.4 Å². The van der Waals surface area contributed by atoms with E-state index in [0.29, 0.717) is 11.7 Å². The molecule has 0 unspecified atom stereocenters. The third-order valence-electron chi connectivity index (χ3n) is 3.48. The third-order valence-corrected chi connectivity index (χ3v) is 3.80. The van der Waals surface area contributed by atoms with Gasteiger partial charge in [0.1, 0.15) is 5.82 Å². The average molecular weight is 304 g/mol. The minimum Gasteiger partial charge on any atom is -0.379 e. The smallest absolute Gasteiger partial charge is 0.152 e. The maximum Gasteiger partial charge on any atom is 0.152 e. The second kappa shape index (κ2) is 6.18. The van der Waals surface area contributed by atoms with Gasteiger partial charge in [-0.15, -0.1) is 0 Å². The number of nitrogens with zero attached hydrogens (tertiary/aromatic N) is 2. The van der Waals surface area contributed by atoms with Crippen LogP contribution in [0, 0.1) is 0 Å². The molecule has 0 spiro atoms. The minimum absolute atomic E-state index is 0.549. The number of nitrogens with one attached hydrogen (secondary N) is 3. The number of aromatic amines is 2. The first-order chi connectivity index (χ1) is 10.3. The molecule has 2 aromatic heterocycles. The first-order valence-electron chi connectivity index (χ1n) is 7.17. The van der Waals surface area contributed by atoms with Gasteiger partial charge < -0.3 is 10.3 Å². The second-order valence-corrected chi connectivity index (χ2v) is 5.40. The highest BCUT2D eigenvalue weighted by Crippen LogP contribution is 2.22. The fourth-order valence-electron chi connectivity index (χ4n) is 2.33. The van der Waals surface area contributed by atoms with Crippen molar-refractivity contribution in [1.29, 1.82) is 0 Å². The molecular weight excluding hydrogens is 286 g/mol. The summed E-state index contributed by atoms with van der Waals surface area (Å²) in [4.78, 5) is 7.66. The number of benzene rings is 1. The van der Waals surface area contributed by atoms with E-state index in [4.69, 9.17) is 11.6 Å². The lowest BCUT2D eigenvalue weighted by molar-refractivity contribution is 0.760. The van der Waals surface area contributed by atoms with Crippen molar-refractivity contribution in [2.24, 2.45) is 0 Å². The molecule has 6 heteroatoms. The Kier molecular flexibility index (Phi) is 4.10. The van der Waals surface area contributed by atoms with Crippen LogP contribution in [0.5, 0.6) is 0 Å². The maximum absolute atomic E-state index is 6.19. The first-order valence-corrected chi connectivity index (χ1v) is 7.55. The molecule has 0 saturated heterocycles. The van der Waals surface area contributed by atoms with Gasteiger partial charge >= 0.3 is 0 Å². The molecule has 1 aromatic carbocycles. The van der Waals surface area contributed by atoms with E-state index in [2.05, 4.69) is 32.4 Å². The summed E-state index contributed by atoms with van der Waals surface area (Å²) in [6, 6.07) is 6.02. The van der Waals surface area contributed by atoms with Crippen molar-refractivity contribution in [2.45, 2.75) is 32.7 Å². The minimum atomic E-state index is 0.549. The van der Waals surface area contributed by atoms with Gasteiger partial charge in [-0.1, -0.05) is 31.0 Å². The van der Waals surface area contributed by atoms with Crippen LogP contribution in [0.25, 0.3) is 10.9 Å². The normalized spacial score (nSPS) is 11.1. The molecule has 0 aliphatic carbocycles. The molecule has 0 fully saturated rings. The molecule has 3 aromatic rings. The monoisotopic (exact) mass is 303 g/mol. The number of halogens is 1. The van der Waals surface area contributed by atoms with E-state index >= 15 is 0 Å². The molecule has 21 heavy (non-hydrogen) atoms. The number of rotatable bonds is 6. The van der Waals surface area contributed by atoms with E-state index in [0.717, 1.165) is 47.4 Å². The highest BCUT2D eigenvalue weighted by atomic mass is 35.5. The largest absolute Gasteiger partial charge is 0.379 e. The maximum atomic E-state index is 6.19. The number of aryl methyl sites for hydroxylation is 1. The lowest BCUT2D eigenvalue weighted by Crippen LogP contribution is -2.01. The van der Waals surface area contributed by atoms with Crippen LogP contribution in [0.4, 0.5) is 5.69 Å². The molecule has 0 atom stereocenters. The predicted octanol–water partition coefficient (Wildman–Crippen LogP) is 3.89. The van der Waals surface area contributed by atoms with Gasteiger partial charge in [0.15, 0.2) is 5.15 Å². The predicted molar refractivity (Wildman–Crippen MR) is 85.6 cm³/mol. The number of H-pyrrole nitrogens is 2. The van der Waals surface area contributed by atoms with Crippen molar-refractivity contribution in [2.75, 3.05) is 5.32 Å². The van der Waals surface area contributed by atoms with Gasteiger partial charge in [-0.05, 0) is 18.6 Å². The van der Waals surface area contributed by atoms with Gasteiger partial charge in [0.25, 0.3) is 0 Å².